The van der Waals surface area contributed by atoms with E-state index in [9.17, 15) is 14.3 Å². The Bertz CT molecular complexity index is 1530. The average molecular weight is 568 g/mol. The second-order valence-corrected chi connectivity index (χ2v) is 9.74. The van der Waals surface area contributed by atoms with Gasteiger partial charge in [0.2, 0.25) is 5.91 Å². The SMILES string of the molecule is COc1cc2c(N(c3cc(CC(N)=O)[nH]n3)c3cccc(F)c3F)ncnc2cc1OCCCN1CCC[C@H]1CO. The Morgan fingerprint density at radius 3 is 2.88 bits per heavy atom. The first-order valence-electron chi connectivity index (χ1n) is 13.3. The number of carbonyl (C=O) groups excluding carboxylic acids is 1. The van der Waals surface area contributed by atoms with Crippen LogP contribution in [0.4, 0.5) is 26.1 Å². The van der Waals surface area contributed by atoms with Gasteiger partial charge in [0.15, 0.2) is 29.0 Å². The van der Waals surface area contributed by atoms with Gasteiger partial charge in [-0.1, -0.05) is 6.07 Å². The monoisotopic (exact) mass is 567 g/mol. The summed E-state index contributed by atoms with van der Waals surface area (Å²) in [4.78, 5) is 23.8. The number of nitrogens with two attached hydrogens (primary N) is 1. The number of hydrogen-bond acceptors (Lipinski definition) is 9. The van der Waals surface area contributed by atoms with Gasteiger partial charge in [-0.25, -0.2) is 18.7 Å². The first kappa shape index (κ1) is 28.2. The summed E-state index contributed by atoms with van der Waals surface area (Å²) >= 11 is 0. The third-order valence-corrected chi connectivity index (χ3v) is 7.05. The van der Waals surface area contributed by atoms with Gasteiger partial charge in [-0.15, -0.1) is 0 Å². The number of halogens is 2. The highest BCUT2D eigenvalue weighted by Crippen LogP contribution is 2.41. The molecule has 0 saturated carbocycles. The van der Waals surface area contributed by atoms with Gasteiger partial charge in [0, 0.05) is 35.8 Å². The number of nitrogens with zero attached hydrogens (tertiary/aromatic N) is 5. The summed E-state index contributed by atoms with van der Waals surface area (Å²) in [5.41, 5.74) is 6.03. The topological polar surface area (TPSA) is 143 Å². The van der Waals surface area contributed by atoms with Gasteiger partial charge >= 0.3 is 0 Å². The second-order valence-electron chi connectivity index (χ2n) is 9.74. The van der Waals surface area contributed by atoms with E-state index in [0.29, 0.717) is 34.7 Å². The van der Waals surface area contributed by atoms with E-state index >= 15 is 4.39 Å². The van der Waals surface area contributed by atoms with Crippen LogP contribution < -0.4 is 20.1 Å². The van der Waals surface area contributed by atoms with Crippen LogP contribution in [0.2, 0.25) is 0 Å². The number of fused-ring (bicyclic) bond motifs is 1. The predicted molar refractivity (Wildman–Crippen MR) is 148 cm³/mol. The molecule has 4 aromatic rings. The Kier molecular flexibility index (Phi) is 8.55. The maximum atomic E-state index is 15.1. The molecule has 0 aliphatic carbocycles. The van der Waals surface area contributed by atoms with Crippen LogP contribution in [0.25, 0.3) is 10.9 Å². The van der Waals surface area contributed by atoms with E-state index in [-0.39, 0.29) is 36.4 Å². The van der Waals surface area contributed by atoms with Crippen molar-refractivity contribution in [1.82, 2.24) is 25.1 Å². The van der Waals surface area contributed by atoms with E-state index in [1.54, 1.807) is 12.1 Å². The van der Waals surface area contributed by atoms with Crippen LogP contribution in [0.5, 0.6) is 11.5 Å². The maximum absolute atomic E-state index is 15.1. The molecule has 1 fully saturated rings. The number of methoxy groups -OCH3 is 1. The summed E-state index contributed by atoms with van der Waals surface area (Å²) in [6, 6.07) is 8.87. The quantitative estimate of drug-likeness (QED) is 0.220. The standard InChI is InChI=1S/C28H31F2N7O4/c1-40-23-13-19-21(14-24(23)41-10-4-9-36-8-3-5-18(36)15-38)32-16-33-28(19)37(22-7-2-6-20(29)27(22)30)26-12-17(34-35-26)11-25(31)39/h2,6-7,12-14,16,18,38H,3-5,8-11,15H2,1H3,(H2,31,39)(H,34,35)/t18-/m0/s1. The fourth-order valence-corrected chi connectivity index (χ4v) is 5.10. The molecule has 0 radical (unpaired) electrons. The molecule has 2 aromatic carbocycles. The van der Waals surface area contributed by atoms with Crippen LogP contribution in [-0.4, -0.2) is 75.5 Å². The number of rotatable bonds is 12. The number of aromatic amines is 1. The lowest BCUT2D eigenvalue weighted by Gasteiger charge is -2.24. The van der Waals surface area contributed by atoms with Gasteiger partial charge in [0.25, 0.3) is 0 Å². The first-order valence-corrected chi connectivity index (χ1v) is 13.3. The van der Waals surface area contributed by atoms with Crippen LogP contribution in [0.3, 0.4) is 0 Å². The minimum absolute atomic E-state index is 0.121. The molecular formula is C28H31F2N7O4. The van der Waals surface area contributed by atoms with Crippen LogP contribution in [-0.2, 0) is 11.2 Å². The van der Waals surface area contributed by atoms with Crippen molar-refractivity contribution in [2.75, 3.05) is 38.3 Å². The largest absolute Gasteiger partial charge is 0.493 e. The highest BCUT2D eigenvalue weighted by molar-refractivity contribution is 5.96. The molecule has 41 heavy (non-hydrogen) atoms. The highest BCUT2D eigenvalue weighted by Gasteiger charge is 2.26. The Labute approximate surface area is 234 Å². The fourth-order valence-electron chi connectivity index (χ4n) is 5.10. The van der Waals surface area contributed by atoms with Crippen LogP contribution in [0.15, 0.2) is 42.7 Å². The van der Waals surface area contributed by atoms with E-state index in [2.05, 4.69) is 25.1 Å². The Morgan fingerprint density at radius 2 is 2.10 bits per heavy atom. The summed E-state index contributed by atoms with van der Waals surface area (Å²) in [6.07, 6.45) is 4.01. The number of primary amides is 1. The number of nitrogens with one attached hydrogen (secondary N) is 1. The Hall–Kier alpha value is -4.36. The molecule has 5 rings (SSSR count). The number of carbonyl (C=O) groups is 1. The smallest absolute Gasteiger partial charge is 0.223 e. The third kappa shape index (κ3) is 6.05. The van der Waals surface area contributed by atoms with Crippen LogP contribution in [0, 0.1) is 11.6 Å². The molecule has 216 valence electrons. The van der Waals surface area contributed by atoms with Crippen molar-refractivity contribution in [2.45, 2.75) is 31.7 Å². The second kappa shape index (κ2) is 12.4. The van der Waals surface area contributed by atoms with E-state index in [1.165, 1.54) is 36.5 Å². The number of aliphatic hydroxyl groups excluding tert-OH is 1. The lowest BCUT2D eigenvalue weighted by molar-refractivity contribution is -0.117. The molecule has 0 spiro atoms. The molecule has 4 N–H and O–H groups in total. The number of ether oxygens (including phenoxy) is 2. The van der Waals surface area contributed by atoms with Gasteiger partial charge in [-0.2, -0.15) is 5.10 Å². The molecular weight excluding hydrogens is 536 g/mol. The van der Waals surface area contributed by atoms with Gasteiger partial charge in [0.05, 0.1) is 37.9 Å². The molecule has 1 aliphatic heterocycles. The van der Waals surface area contributed by atoms with Crippen molar-refractivity contribution in [2.24, 2.45) is 5.73 Å². The normalized spacial score (nSPS) is 15.4. The van der Waals surface area contributed by atoms with Crippen molar-refractivity contribution in [3.63, 3.8) is 0 Å². The number of H-pyrrole nitrogens is 1. The highest BCUT2D eigenvalue weighted by atomic mass is 19.2. The fraction of sp³-hybridized carbons (Fsp3) is 0.357. The number of likely N-dealkylation sites (tertiary alicyclic amines) is 1. The summed E-state index contributed by atoms with van der Waals surface area (Å²) in [5, 5.41) is 16.9. The lowest BCUT2D eigenvalue weighted by Crippen LogP contribution is -2.33. The Morgan fingerprint density at radius 1 is 1.24 bits per heavy atom. The average Bonchev–Trinajstić information content (AvgIpc) is 3.62. The molecule has 2 aromatic heterocycles. The first-order chi connectivity index (χ1) is 19.9. The van der Waals surface area contributed by atoms with E-state index in [0.717, 1.165) is 38.4 Å². The van der Waals surface area contributed by atoms with Crippen molar-refractivity contribution in [3.05, 3.63) is 60.1 Å². The molecule has 1 atom stereocenters. The minimum Gasteiger partial charge on any atom is -0.493 e. The van der Waals surface area contributed by atoms with Crippen LogP contribution >= 0.6 is 0 Å². The molecule has 1 saturated heterocycles. The number of hydrogen-bond donors (Lipinski definition) is 3. The number of anilines is 3. The van der Waals surface area contributed by atoms with E-state index in [1.807, 2.05) is 0 Å². The summed E-state index contributed by atoms with van der Waals surface area (Å²) in [7, 11) is 1.50. The van der Waals surface area contributed by atoms with Gasteiger partial charge in [-0.3, -0.25) is 19.7 Å². The lowest BCUT2D eigenvalue weighted by atomic mass is 10.1. The molecule has 11 nitrogen and oxygen atoms in total. The number of amides is 1. The number of benzene rings is 2. The molecule has 0 bridgehead atoms. The molecule has 3 heterocycles. The van der Waals surface area contributed by atoms with Crippen molar-refractivity contribution < 1.29 is 28.2 Å². The number of aromatic nitrogens is 4. The summed E-state index contributed by atoms with van der Waals surface area (Å²) in [6.45, 7) is 2.35. The van der Waals surface area contributed by atoms with E-state index < -0.39 is 17.5 Å². The molecule has 1 aliphatic rings. The molecule has 0 unspecified atom stereocenters. The van der Waals surface area contributed by atoms with Crippen molar-refractivity contribution in [1.29, 1.82) is 0 Å². The van der Waals surface area contributed by atoms with Crippen molar-refractivity contribution >= 4 is 34.1 Å². The van der Waals surface area contributed by atoms with E-state index in [4.69, 9.17) is 15.2 Å². The zero-order valence-corrected chi connectivity index (χ0v) is 22.5. The summed E-state index contributed by atoms with van der Waals surface area (Å²) in [5.74, 6) is -1.50. The Balaban J connectivity index is 1.49. The van der Waals surface area contributed by atoms with Crippen LogP contribution in [0.1, 0.15) is 25.0 Å². The van der Waals surface area contributed by atoms with Gasteiger partial charge in [0.1, 0.15) is 12.1 Å². The molecule has 13 heteroatoms. The maximum Gasteiger partial charge on any atom is 0.223 e. The molecule has 1 amide bonds. The zero-order valence-electron chi connectivity index (χ0n) is 22.5. The zero-order chi connectivity index (χ0) is 28.9. The summed E-state index contributed by atoms with van der Waals surface area (Å²) < 4.78 is 41.1. The minimum atomic E-state index is -1.10. The van der Waals surface area contributed by atoms with Crippen molar-refractivity contribution in [3.8, 4) is 11.5 Å². The van der Waals surface area contributed by atoms with Gasteiger partial charge < -0.3 is 20.3 Å². The van der Waals surface area contributed by atoms with Gasteiger partial charge in [-0.05, 0) is 44.0 Å². The predicted octanol–water partition coefficient (Wildman–Crippen LogP) is 3.36. The number of aliphatic hydroxyl groups is 1. The third-order valence-electron chi connectivity index (χ3n) is 7.05.